The van der Waals surface area contributed by atoms with Crippen LogP contribution in [0.2, 0.25) is 0 Å². The van der Waals surface area contributed by atoms with Crippen molar-refractivity contribution in [2.75, 3.05) is 13.2 Å². The minimum atomic E-state index is -3.45. The number of hydrogen-bond donors (Lipinski definition) is 2. The lowest BCUT2D eigenvalue weighted by molar-refractivity contribution is 0.107. The minimum Gasteiger partial charge on any atom is -0.378 e. The van der Waals surface area contributed by atoms with Crippen LogP contribution in [0.5, 0.6) is 0 Å². The molecule has 1 aliphatic rings. The van der Waals surface area contributed by atoms with E-state index < -0.39 is 10.0 Å². The summed E-state index contributed by atoms with van der Waals surface area (Å²) in [6, 6.07) is 1.60. The van der Waals surface area contributed by atoms with E-state index >= 15 is 0 Å². The number of nitrogens with two attached hydrogens (primary N) is 1. The molecule has 1 saturated heterocycles. The third-order valence-corrected chi connectivity index (χ3v) is 5.83. The van der Waals surface area contributed by atoms with Gasteiger partial charge in [0.15, 0.2) is 0 Å². The maximum Gasteiger partial charge on any atom is 0.241 e. The van der Waals surface area contributed by atoms with Gasteiger partial charge in [0.2, 0.25) is 10.0 Å². The Kier molecular flexibility index (Phi) is 4.39. The summed E-state index contributed by atoms with van der Waals surface area (Å²) in [5.41, 5.74) is 5.53. The molecule has 0 aromatic carbocycles. The Bertz CT molecular complexity index is 498. The molecule has 0 amide bonds. The van der Waals surface area contributed by atoms with Crippen molar-refractivity contribution in [2.45, 2.75) is 30.9 Å². The molecule has 5 nitrogen and oxygen atoms in total. The van der Waals surface area contributed by atoms with Gasteiger partial charge in [0.1, 0.15) is 0 Å². The van der Waals surface area contributed by atoms with Gasteiger partial charge in [-0.15, -0.1) is 11.3 Å². The molecule has 2 atom stereocenters. The molecule has 0 radical (unpaired) electrons. The molecule has 0 spiro atoms. The quantitative estimate of drug-likeness (QED) is 0.844. The Balaban J connectivity index is 2.03. The number of nitrogens with one attached hydrogen (secondary N) is 1. The van der Waals surface area contributed by atoms with Crippen LogP contribution < -0.4 is 10.5 Å². The third kappa shape index (κ3) is 2.92. The van der Waals surface area contributed by atoms with E-state index in [9.17, 15) is 8.42 Å². The summed E-state index contributed by atoms with van der Waals surface area (Å²) < 4.78 is 32.3. The van der Waals surface area contributed by atoms with Crippen molar-refractivity contribution < 1.29 is 13.2 Å². The highest BCUT2D eigenvalue weighted by Crippen LogP contribution is 2.23. The van der Waals surface area contributed by atoms with E-state index in [0.29, 0.717) is 22.9 Å². The Morgan fingerprint density at radius 1 is 1.61 bits per heavy atom. The first-order valence-electron chi connectivity index (χ1n) is 5.92. The Labute approximate surface area is 111 Å². The highest BCUT2D eigenvalue weighted by Gasteiger charge is 2.27. The molecule has 1 aliphatic heterocycles. The fourth-order valence-electron chi connectivity index (χ4n) is 2.06. The van der Waals surface area contributed by atoms with Crippen molar-refractivity contribution in [2.24, 2.45) is 11.7 Å². The zero-order valence-electron chi connectivity index (χ0n) is 10.3. The number of rotatable bonds is 5. The molecule has 7 heteroatoms. The lowest BCUT2D eigenvalue weighted by atomic mass is 10.0. The van der Waals surface area contributed by atoms with Crippen molar-refractivity contribution >= 4 is 21.4 Å². The highest BCUT2D eigenvalue weighted by atomic mass is 32.2. The Hall–Kier alpha value is -0.470. The average Bonchev–Trinajstić information content (AvgIpc) is 2.95. The fraction of sp³-hybridized carbons (Fsp3) is 0.636. The maximum atomic E-state index is 12.1. The Morgan fingerprint density at radius 3 is 3.00 bits per heavy atom. The van der Waals surface area contributed by atoms with Crippen LogP contribution in [0.25, 0.3) is 0 Å². The van der Waals surface area contributed by atoms with Gasteiger partial charge >= 0.3 is 0 Å². The van der Waals surface area contributed by atoms with Gasteiger partial charge in [-0.05, 0) is 24.8 Å². The first kappa shape index (κ1) is 14.0. The van der Waals surface area contributed by atoms with E-state index in [4.69, 9.17) is 10.5 Å². The standard InChI is InChI=1S/C11H18N2O3S2/c1-8-9(2-4-16-8)7-13-18(14,15)11-3-5-17-10(11)6-12/h3,5,8-9,13H,2,4,6-7,12H2,1H3. The molecule has 3 N–H and O–H groups in total. The smallest absolute Gasteiger partial charge is 0.241 e. The normalized spacial score (nSPS) is 24.6. The zero-order valence-corrected chi connectivity index (χ0v) is 11.9. The van der Waals surface area contributed by atoms with E-state index in [0.717, 1.165) is 6.42 Å². The molecule has 0 saturated carbocycles. The molecule has 2 unspecified atom stereocenters. The summed E-state index contributed by atoms with van der Waals surface area (Å²) in [7, 11) is -3.45. The van der Waals surface area contributed by atoms with Crippen LogP contribution in [0.15, 0.2) is 16.3 Å². The monoisotopic (exact) mass is 290 g/mol. The molecule has 1 aromatic rings. The topological polar surface area (TPSA) is 81.4 Å². The van der Waals surface area contributed by atoms with E-state index in [1.165, 1.54) is 11.3 Å². The largest absolute Gasteiger partial charge is 0.378 e. The molecule has 2 rings (SSSR count). The predicted octanol–water partition coefficient (Wildman–Crippen LogP) is 0.910. The minimum absolute atomic E-state index is 0.115. The second-order valence-corrected chi connectivity index (χ2v) is 7.12. The fourth-order valence-corrected chi connectivity index (χ4v) is 4.48. The van der Waals surface area contributed by atoms with Gasteiger partial charge in [-0.2, -0.15) is 0 Å². The summed E-state index contributed by atoms with van der Waals surface area (Å²) in [5, 5.41) is 1.75. The van der Waals surface area contributed by atoms with Crippen LogP contribution in [0.3, 0.4) is 0 Å². The predicted molar refractivity (Wildman–Crippen MR) is 70.9 cm³/mol. The van der Waals surface area contributed by atoms with Gasteiger partial charge in [-0.1, -0.05) is 0 Å². The van der Waals surface area contributed by atoms with E-state index in [1.54, 1.807) is 11.4 Å². The number of hydrogen-bond acceptors (Lipinski definition) is 5. The van der Waals surface area contributed by atoms with Crippen LogP contribution in [-0.2, 0) is 21.3 Å². The Morgan fingerprint density at radius 2 is 2.39 bits per heavy atom. The molecular weight excluding hydrogens is 272 g/mol. The van der Waals surface area contributed by atoms with Crippen LogP contribution in [0.4, 0.5) is 0 Å². The molecule has 2 heterocycles. The van der Waals surface area contributed by atoms with Gasteiger partial charge in [0.25, 0.3) is 0 Å². The summed E-state index contributed by atoms with van der Waals surface area (Å²) >= 11 is 1.37. The highest BCUT2D eigenvalue weighted by molar-refractivity contribution is 7.89. The molecule has 0 bridgehead atoms. The van der Waals surface area contributed by atoms with Crippen molar-refractivity contribution in [1.29, 1.82) is 0 Å². The zero-order chi connectivity index (χ0) is 13.2. The van der Waals surface area contributed by atoms with E-state index in [-0.39, 0.29) is 18.6 Å². The number of ether oxygens (including phenoxy) is 1. The summed E-state index contributed by atoms with van der Waals surface area (Å²) in [5.74, 6) is 0.250. The summed E-state index contributed by atoms with van der Waals surface area (Å²) in [4.78, 5) is 1.000. The summed E-state index contributed by atoms with van der Waals surface area (Å²) in [6.07, 6.45) is 1.01. The van der Waals surface area contributed by atoms with Gasteiger partial charge < -0.3 is 10.5 Å². The SMILES string of the molecule is CC1OCCC1CNS(=O)(=O)c1ccsc1CN. The lowest BCUT2D eigenvalue weighted by Gasteiger charge is -2.15. The van der Waals surface area contributed by atoms with Crippen molar-refractivity contribution in [3.8, 4) is 0 Å². The van der Waals surface area contributed by atoms with Crippen LogP contribution >= 0.6 is 11.3 Å². The van der Waals surface area contributed by atoms with Gasteiger partial charge in [0.05, 0.1) is 11.0 Å². The second kappa shape index (κ2) is 5.66. The van der Waals surface area contributed by atoms with E-state index in [1.807, 2.05) is 6.92 Å². The van der Waals surface area contributed by atoms with Crippen molar-refractivity contribution in [1.82, 2.24) is 4.72 Å². The third-order valence-electron chi connectivity index (χ3n) is 3.25. The van der Waals surface area contributed by atoms with Gasteiger partial charge in [-0.25, -0.2) is 13.1 Å². The number of sulfonamides is 1. The molecule has 1 fully saturated rings. The first-order chi connectivity index (χ1) is 8.54. The van der Waals surface area contributed by atoms with Crippen molar-refractivity contribution in [3.05, 3.63) is 16.3 Å². The summed E-state index contributed by atoms with van der Waals surface area (Å²) in [6.45, 7) is 3.35. The van der Waals surface area contributed by atoms with E-state index in [2.05, 4.69) is 4.72 Å². The van der Waals surface area contributed by atoms with Gasteiger partial charge in [0, 0.05) is 30.5 Å². The van der Waals surface area contributed by atoms with Crippen LogP contribution in [0, 0.1) is 5.92 Å². The van der Waals surface area contributed by atoms with Crippen LogP contribution in [0.1, 0.15) is 18.2 Å². The average molecular weight is 290 g/mol. The first-order valence-corrected chi connectivity index (χ1v) is 8.28. The van der Waals surface area contributed by atoms with Crippen molar-refractivity contribution in [3.63, 3.8) is 0 Å². The molecule has 1 aromatic heterocycles. The van der Waals surface area contributed by atoms with Gasteiger partial charge in [-0.3, -0.25) is 0 Å². The molecule has 18 heavy (non-hydrogen) atoms. The molecule has 102 valence electrons. The van der Waals surface area contributed by atoms with Crippen LogP contribution in [-0.4, -0.2) is 27.7 Å². The molecule has 0 aliphatic carbocycles. The lowest BCUT2D eigenvalue weighted by Crippen LogP contribution is -2.32. The molecular formula is C11H18N2O3S2. The maximum absolute atomic E-state index is 12.1. The second-order valence-electron chi connectivity index (χ2n) is 4.39. The number of thiophene rings is 1.